The topological polar surface area (TPSA) is 75.3 Å². The van der Waals surface area contributed by atoms with E-state index < -0.39 is 0 Å². The Morgan fingerprint density at radius 2 is 2.00 bits per heavy atom. The van der Waals surface area contributed by atoms with E-state index in [1.807, 2.05) is 41.8 Å². The fraction of sp³-hybridized carbons (Fsp3) is 0.500. The average Bonchev–Trinajstić information content (AvgIpc) is 3.24. The molecule has 8 nitrogen and oxygen atoms in total. The second-order valence-corrected chi connectivity index (χ2v) is 6.50. The average molecular weight is 330 g/mol. The van der Waals surface area contributed by atoms with Crippen LogP contribution in [0.25, 0.3) is 5.65 Å². The van der Waals surface area contributed by atoms with Gasteiger partial charge in [0.2, 0.25) is 0 Å². The normalized spacial score (nSPS) is 16.2. The van der Waals surface area contributed by atoms with Gasteiger partial charge in [0.25, 0.3) is 0 Å². The molecule has 0 saturated carbocycles. The van der Waals surface area contributed by atoms with Gasteiger partial charge in [-0.15, -0.1) is 15.3 Å². The first-order valence-electron chi connectivity index (χ1n) is 7.64. The molecule has 0 atom stereocenters. The number of piperidine rings is 1. The van der Waals surface area contributed by atoms with Crippen molar-refractivity contribution in [3.8, 4) is 0 Å². The van der Waals surface area contributed by atoms with E-state index in [0.717, 1.165) is 49.0 Å². The molecular formula is C14H18N8S. The van der Waals surface area contributed by atoms with E-state index in [9.17, 15) is 0 Å². The Morgan fingerprint density at radius 3 is 2.70 bits per heavy atom. The maximum absolute atomic E-state index is 4.66. The molecule has 1 aliphatic heterocycles. The number of hydrogen-bond donors (Lipinski definition) is 0. The minimum absolute atomic E-state index is 0.373. The van der Waals surface area contributed by atoms with Gasteiger partial charge in [-0.05, 0) is 25.0 Å². The largest absolute Gasteiger partial charge is 0.361 e. The van der Waals surface area contributed by atoms with Crippen LogP contribution >= 0.6 is 11.7 Å². The molecule has 23 heavy (non-hydrogen) atoms. The minimum Gasteiger partial charge on any atom is -0.361 e. The Balaban J connectivity index is 1.57. The maximum Gasteiger partial charge on any atom is 0.178 e. The van der Waals surface area contributed by atoms with Crippen molar-refractivity contribution in [1.29, 1.82) is 0 Å². The summed E-state index contributed by atoms with van der Waals surface area (Å²) in [5.74, 6) is 3.22. The molecule has 4 heterocycles. The highest BCUT2D eigenvalue weighted by molar-refractivity contribution is 6.99. The van der Waals surface area contributed by atoms with Crippen molar-refractivity contribution in [1.82, 2.24) is 28.6 Å². The molecule has 4 rings (SSSR count). The van der Waals surface area contributed by atoms with Crippen molar-refractivity contribution < 1.29 is 0 Å². The van der Waals surface area contributed by atoms with Gasteiger partial charge in [-0.1, -0.05) is 0 Å². The van der Waals surface area contributed by atoms with E-state index in [0.29, 0.717) is 5.92 Å². The number of aromatic nitrogens is 6. The monoisotopic (exact) mass is 330 g/mol. The van der Waals surface area contributed by atoms with Gasteiger partial charge in [-0.3, -0.25) is 0 Å². The third kappa shape index (κ3) is 2.61. The Labute approximate surface area is 138 Å². The molecule has 1 saturated heterocycles. The highest BCUT2D eigenvalue weighted by Gasteiger charge is 2.26. The Hall–Kier alpha value is -2.29. The summed E-state index contributed by atoms with van der Waals surface area (Å²) in [5, 5.41) is 13.3. The molecule has 120 valence electrons. The molecule has 0 spiro atoms. The molecule has 3 aromatic rings. The first-order valence-corrected chi connectivity index (χ1v) is 8.37. The molecule has 1 fully saturated rings. The molecule has 1 aliphatic rings. The highest BCUT2D eigenvalue weighted by Crippen LogP contribution is 2.29. The van der Waals surface area contributed by atoms with Gasteiger partial charge in [-0.2, -0.15) is 13.3 Å². The van der Waals surface area contributed by atoms with Crippen LogP contribution in [-0.4, -0.2) is 55.7 Å². The summed E-state index contributed by atoms with van der Waals surface area (Å²) in [6.45, 7) is 1.91. The highest BCUT2D eigenvalue weighted by atomic mass is 32.1. The van der Waals surface area contributed by atoms with Gasteiger partial charge in [0, 0.05) is 33.1 Å². The van der Waals surface area contributed by atoms with Crippen LogP contribution in [0.5, 0.6) is 0 Å². The molecule has 0 bridgehead atoms. The zero-order valence-corrected chi connectivity index (χ0v) is 13.9. The molecular weight excluding hydrogens is 312 g/mol. The van der Waals surface area contributed by atoms with E-state index in [4.69, 9.17) is 0 Å². The summed E-state index contributed by atoms with van der Waals surface area (Å²) in [6, 6.07) is 3.93. The fourth-order valence-corrected chi connectivity index (χ4v) is 3.39. The molecule has 0 aliphatic carbocycles. The summed E-state index contributed by atoms with van der Waals surface area (Å²) in [4.78, 5) is 4.27. The van der Waals surface area contributed by atoms with Crippen LogP contribution in [0.1, 0.15) is 24.6 Å². The molecule has 0 unspecified atom stereocenters. The summed E-state index contributed by atoms with van der Waals surface area (Å²) in [6.07, 6.45) is 3.88. The molecule has 0 amide bonds. The van der Waals surface area contributed by atoms with Gasteiger partial charge in [0.1, 0.15) is 5.82 Å². The van der Waals surface area contributed by atoms with Gasteiger partial charge < -0.3 is 9.80 Å². The zero-order chi connectivity index (χ0) is 15.8. The number of hydrogen-bond acceptors (Lipinski definition) is 8. The van der Waals surface area contributed by atoms with Crippen LogP contribution in [0.3, 0.4) is 0 Å². The van der Waals surface area contributed by atoms with Crippen LogP contribution in [0.2, 0.25) is 0 Å². The maximum atomic E-state index is 4.66. The van der Waals surface area contributed by atoms with Crippen molar-refractivity contribution in [2.24, 2.45) is 0 Å². The number of fused-ring (bicyclic) bond motifs is 1. The number of rotatable bonds is 3. The van der Waals surface area contributed by atoms with Crippen LogP contribution in [0.15, 0.2) is 18.3 Å². The standard InChI is InChI=1S/C14H18N8S/c1-20(2)12-4-3-11-16-17-14(22(11)18-12)10-5-7-21(8-6-10)13-9-15-23-19-13/h3-4,9-10H,5-8H2,1-2H3. The summed E-state index contributed by atoms with van der Waals surface area (Å²) < 4.78 is 10.3. The first-order chi connectivity index (χ1) is 11.2. The SMILES string of the molecule is CN(C)c1ccc2nnc(C3CCN(c4cnsn4)CC3)n2n1. The number of anilines is 2. The molecule has 0 N–H and O–H groups in total. The Kier molecular flexibility index (Phi) is 3.56. The molecule has 3 aromatic heterocycles. The lowest BCUT2D eigenvalue weighted by Gasteiger charge is -2.30. The molecule has 0 aromatic carbocycles. The smallest absolute Gasteiger partial charge is 0.178 e. The second kappa shape index (κ2) is 5.73. The third-order valence-corrected chi connectivity index (χ3v) is 4.73. The zero-order valence-electron chi connectivity index (χ0n) is 13.1. The van der Waals surface area contributed by atoms with E-state index in [2.05, 4.69) is 28.9 Å². The van der Waals surface area contributed by atoms with Gasteiger partial charge in [0.15, 0.2) is 17.3 Å². The fourth-order valence-electron chi connectivity index (χ4n) is 2.95. The summed E-state index contributed by atoms with van der Waals surface area (Å²) in [5.41, 5.74) is 0.803. The predicted octanol–water partition coefficient (Wildman–Crippen LogP) is 1.43. The lowest BCUT2D eigenvalue weighted by molar-refractivity contribution is 0.476. The Bertz CT molecular complexity index is 788. The van der Waals surface area contributed by atoms with E-state index in [-0.39, 0.29) is 0 Å². The van der Waals surface area contributed by atoms with E-state index >= 15 is 0 Å². The van der Waals surface area contributed by atoms with Crippen molar-refractivity contribution >= 4 is 29.0 Å². The van der Waals surface area contributed by atoms with Crippen LogP contribution in [0, 0.1) is 0 Å². The van der Waals surface area contributed by atoms with Gasteiger partial charge in [-0.25, -0.2) is 0 Å². The van der Waals surface area contributed by atoms with Crippen molar-refractivity contribution in [3.05, 3.63) is 24.2 Å². The molecule has 9 heteroatoms. The second-order valence-electron chi connectivity index (χ2n) is 5.94. The van der Waals surface area contributed by atoms with Crippen LogP contribution < -0.4 is 9.80 Å². The quantitative estimate of drug-likeness (QED) is 0.719. The van der Waals surface area contributed by atoms with Crippen molar-refractivity contribution in [2.45, 2.75) is 18.8 Å². The van der Waals surface area contributed by atoms with Crippen LogP contribution in [0.4, 0.5) is 11.6 Å². The lowest BCUT2D eigenvalue weighted by atomic mass is 9.96. The minimum atomic E-state index is 0.373. The van der Waals surface area contributed by atoms with E-state index in [1.165, 1.54) is 11.7 Å². The number of nitrogens with zero attached hydrogens (tertiary/aromatic N) is 8. The summed E-state index contributed by atoms with van der Waals surface area (Å²) >= 11 is 1.26. The van der Waals surface area contributed by atoms with Crippen molar-refractivity contribution in [2.75, 3.05) is 37.0 Å². The van der Waals surface area contributed by atoms with Gasteiger partial charge in [0.05, 0.1) is 17.9 Å². The third-order valence-electron chi connectivity index (χ3n) is 4.26. The lowest BCUT2D eigenvalue weighted by Crippen LogP contribution is -2.33. The first kappa shape index (κ1) is 14.3. The van der Waals surface area contributed by atoms with E-state index in [1.54, 1.807) is 0 Å². The summed E-state index contributed by atoms with van der Waals surface area (Å²) in [7, 11) is 3.97. The Morgan fingerprint density at radius 1 is 1.17 bits per heavy atom. The van der Waals surface area contributed by atoms with Crippen LogP contribution in [-0.2, 0) is 0 Å². The molecule has 0 radical (unpaired) electrons. The van der Waals surface area contributed by atoms with Crippen molar-refractivity contribution in [3.63, 3.8) is 0 Å². The van der Waals surface area contributed by atoms with Gasteiger partial charge >= 0.3 is 0 Å². The predicted molar refractivity (Wildman–Crippen MR) is 89.2 cm³/mol.